The van der Waals surface area contributed by atoms with Crippen molar-refractivity contribution in [3.05, 3.63) is 45.4 Å². The van der Waals surface area contributed by atoms with Gasteiger partial charge in [0, 0.05) is 4.88 Å². The maximum Gasteiger partial charge on any atom is 0.168 e. The van der Waals surface area contributed by atoms with E-state index in [4.69, 9.17) is 11.6 Å². The molecule has 0 aliphatic heterocycles. The van der Waals surface area contributed by atoms with Crippen LogP contribution in [0.4, 0.5) is 8.78 Å². The van der Waals surface area contributed by atoms with Crippen molar-refractivity contribution in [3.63, 3.8) is 0 Å². The van der Waals surface area contributed by atoms with Crippen molar-refractivity contribution >= 4 is 33.2 Å². The number of aromatic nitrogens is 2. The number of benzene rings is 1. The van der Waals surface area contributed by atoms with E-state index in [0.717, 1.165) is 15.8 Å². The predicted octanol–water partition coefficient (Wildman–Crippen LogP) is 4.91. The minimum atomic E-state index is -0.703. The quantitative estimate of drug-likeness (QED) is 0.597. The first kappa shape index (κ1) is 13.4. The standard InChI is InChI=1S/C14H9ClF2N2S/c1-6-7(2)20-14-10(6)12(15)18-13(19-14)11-8(16)4-3-5-9(11)17/h3-5H,1-2H3. The average molecular weight is 311 g/mol. The van der Waals surface area contributed by atoms with Crippen LogP contribution in [0.2, 0.25) is 5.15 Å². The Balaban J connectivity index is 2.34. The van der Waals surface area contributed by atoms with Gasteiger partial charge < -0.3 is 0 Å². The molecule has 0 saturated carbocycles. The number of thiophene rings is 1. The van der Waals surface area contributed by atoms with Gasteiger partial charge in [-0.2, -0.15) is 0 Å². The predicted molar refractivity (Wildman–Crippen MR) is 77.3 cm³/mol. The van der Waals surface area contributed by atoms with E-state index in [0.29, 0.717) is 4.83 Å². The number of aryl methyl sites for hydroxylation is 2. The summed E-state index contributed by atoms with van der Waals surface area (Å²) < 4.78 is 27.6. The number of hydrogen-bond donors (Lipinski definition) is 0. The lowest BCUT2D eigenvalue weighted by Crippen LogP contribution is -1.96. The minimum absolute atomic E-state index is 0.0284. The van der Waals surface area contributed by atoms with Crippen molar-refractivity contribution in [1.82, 2.24) is 9.97 Å². The van der Waals surface area contributed by atoms with E-state index in [1.54, 1.807) is 0 Å². The first-order chi connectivity index (χ1) is 9.49. The molecule has 1 aromatic carbocycles. The Kier molecular flexibility index (Phi) is 3.18. The third-order valence-corrected chi connectivity index (χ3v) is 4.55. The highest BCUT2D eigenvalue weighted by Crippen LogP contribution is 2.35. The minimum Gasteiger partial charge on any atom is -0.217 e. The monoisotopic (exact) mass is 310 g/mol. The maximum absolute atomic E-state index is 13.8. The summed E-state index contributed by atoms with van der Waals surface area (Å²) in [6.07, 6.45) is 0. The van der Waals surface area contributed by atoms with Crippen molar-refractivity contribution in [2.75, 3.05) is 0 Å². The Bertz CT molecular complexity index is 809. The molecule has 2 nitrogen and oxygen atoms in total. The van der Waals surface area contributed by atoms with Crippen molar-refractivity contribution < 1.29 is 8.78 Å². The Morgan fingerprint density at radius 1 is 1.10 bits per heavy atom. The van der Waals surface area contributed by atoms with Gasteiger partial charge in [-0.05, 0) is 31.5 Å². The second-order valence-electron chi connectivity index (χ2n) is 4.40. The molecule has 0 saturated heterocycles. The highest BCUT2D eigenvalue weighted by molar-refractivity contribution is 7.18. The van der Waals surface area contributed by atoms with Gasteiger partial charge in [-0.25, -0.2) is 18.7 Å². The molecule has 0 N–H and O–H groups in total. The normalized spacial score (nSPS) is 11.2. The van der Waals surface area contributed by atoms with Crippen LogP contribution in [0.1, 0.15) is 10.4 Å². The number of halogens is 3. The SMILES string of the molecule is Cc1sc2nc(-c3c(F)cccc3F)nc(Cl)c2c1C. The summed E-state index contributed by atoms with van der Waals surface area (Å²) in [5.41, 5.74) is 0.746. The zero-order chi connectivity index (χ0) is 14.4. The third kappa shape index (κ3) is 1.98. The van der Waals surface area contributed by atoms with Gasteiger partial charge >= 0.3 is 0 Å². The molecule has 6 heteroatoms. The van der Waals surface area contributed by atoms with E-state index < -0.39 is 11.6 Å². The Labute approximate surface area is 123 Å². The average Bonchev–Trinajstić information content (AvgIpc) is 2.65. The van der Waals surface area contributed by atoms with Gasteiger partial charge in [0.05, 0.1) is 10.9 Å². The lowest BCUT2D eigenvalue weighted by Gasteiger charge is -2.04. The molecule has 3 aromatic rings. The van der Waals surface area contributed by atoms with Crippen molar-refractivity contribution in [3.8, 4) is 11.4 Å². The van der Waals surface area contributed by atoms with E-state index in [1.807, 2.05) is 13.8 Å². The summed E-state index contributed by atoms with van der Waals surface area (Å²) in [5, 5.41) is 0.962. The van der Waals surface area contributed by atoms with Gasteiger partial charge in [0.15, 0.2) is 5.82 Å². The molecule has 0 spiro atoms. The second kappa shape index (κ2) is 4.75. The summed E-state index contributed by atoms with van der Waals surface area (Å²) >= 11 is 7.58. The largest absolute Gasteiger partial charge is 0.217 e. The van der Waals surface area contributed by atoms with Crippen molar-refractivity contribution in [2.24, 2.45) is 0 Å². The Morgan fingerprint density at radius 3 is 2.40 bits per heavy atom. The van der Waals surface area contributed by atoms with Crippen LogP contribution < -0.4 is 0 Å². The first-order valence-electron chi connectivity index (χ1n) is 5.86. The number of rotatable bonds is 1. The summed E-state index contributed by atoms with van der Waals surface area (Å²) in [6.45, 7) is 3.87. The fourth-order valence-corrected chi connectivity index (χ4v) is 3.42. The van der Waals surface area contributed by atoms with Gasteiger partial charge in [-0.3, -0.25) is 0 Å². The van der Waals surface area contributed by atoms with Crippen LogP contribution in [0, 0.1) is 25.5 Å². The van der Waals surface area contributed by atoms with Gasteiger partial charge in [0.1, 0.15) is 21.6 Å². The number of hydrogen-bond acceptors (Lipinski definition) is 3. The van der Waals surface area contributed by atoms with E-state index in [2.05, 4.69) is 9.97 Å². The molecule has 20 heavy (non-hydrogen) atoms. The van der Waals surface area contributed by atoms with E-state index in [9.17, 15) is 8.78 Å². The summed E-state index contributed by atoms with van der Waals surface area (Å²) in [4.78, 5) is 10.00. The van der Waals surface area contributed by atoms with E-state index in [-0.39, 0.29) is 16.5 Å². The molecule has 0 radical (unpaired) electrons. The van der Waals surface area contributed by atoms with Crippen LogP contribution in [0.5, 0.6) is 0 Å². The van der Waals surface area contributed by atoms with E-state index >= 15 is 0 Å². The van der Waals surface area contributed by atoms with Crippen molar-refractivity contribution in [2.45, 2.75) is 13.8 Å². The Hall–Kier alpha value is -1.59. The van der Waals surface area contributed by atoms with Crippen LogP contribution in [0.3, 0.4) is 0 Å². The molecular formula is C14H9ClF2N2S. The Morgan fingerprint density at radius 2 is 1.75 bits per heavy atom. The zero-order valence-electron chi connectivity index (χ0n) is 10.7. The van der Waals surface area contributed by atoms with E-state index in [1.165, 1.54) is 29.5 Å². The molecule has 2 aromatic heterocycles. The third-order valence-electron chi connectivity index (χ3n) is 3.17. The van der Waals surface area contributed by atoms with Gasteiger partial charge in [0.2, 0.25) is 0 Å². The zero-order valence-corrected chi connectivity index (χ0v) is 12.2. The van der Waals surface area contributed by atoms with Crippen LogP contribution in [-0.4, -0.2) is 9.97 Å². The summed E-state index contributed by atoms with van der Waals surface area (Å²) in [7, 11) is 0. The summed E-state index contributed by atoms with van der Waals surface area (Å²) in [6, 6.07) is 3.64. The first-order valence-corrected chi connectivity index (χ1v) is 7.06. The second-order valence-corrected chi connectivity index (χ2v) is 5.96. The van der Waals surface area contributed by atoms with Gasteiger partial charge in [-0.1, -0.05) is 17.7 Å². The smallest absolute Gasteiger partial charge is 0.168 e. The number of fused-ring (bicyclic) bond motifs is 1. The molecule has 3 rings (SSSR count). The fraction of sp³-hybridized carbons (Fsp3) is 0.143. The molecule has 0 amide bonds. The molecule has 0 atom stereocenters. The van der Waals surface area contributed by atoms with Crippen LogP contribution in [0.15, 0.2) is 18.2 Å². The van der Waals surface area contributed by atoms with Crippen LogP contribution in [-0.2, 0) is 0 Å². The van der Waals surface area contributed by atoms with Gasteiger partial charge in [-0.15, -0.1) is 11.3 Å². The molecule has 0 bridgehead atoms. The van der Waals surface area contributed by atoms with Gasteiger partial charge in [0.25, 0.3) is 0 Å². The molecule has 0 unspecified atom stereocenters. The highest BCUT2D eigenvalue weighted by Gasteiger charge is 2.18. The van der Waals surface area contributed by atoms with Crippen LogP contribution >= 0.6 is 22.9 Å². The molecule has 0 fully saturated rings. The van der Waals surface area contributed by atoms with Crippen molar-refractivity contribution in [1.29, 1.82) is 0 Å². The maximum atomic E-state index is 13.8. The molecule has 102 valence electrons. The number of nitrogens with zero attached hydrogens (tertiary/aromatic N) is 2. The topological polar surface area (TPSA) is 25.8 Å². The molecule has 0 aliphatic carbocycles. The summed E-state index contributed by atoms with van der Waals surface area (Å²) in [5.74, 6) is -1.44. The fourth-order valence-electron chi connectivity index (χ4n) is 2.02. The molecule has 2 heterocycles. The van der Waals surface area contributed by atoms with Crippen LogP contribution in [0.25, 0.3) is 21.6 Å². The lowest BCUT2D eigenvalue weighted by molar-refractivity contribution is 0.587. The molecule has 0 aliphatic rings. The highest BCUT2D eigenvalue weighted by atomic mass is 35.5. The molecular weight excluding hydrogens is 302 g/mol. The lowest BCUT2D eigenvalue weighted by atomic mass is 10.1.